The van der Waals surface area contributed by atoms with Gasteiger partial charge < -0.3 is 4.74 Å². The van der Waals surface area contributed by atoms with Crippen LogP contribution in [0.3, 0.4) is 0 Å². The molecule has 1 aliphatic heterocycles. The molecule has 0 radical (unpaired) electrons. The zero-order valence-corrected chi connectivity index (χ0v) is 19.0. The van der Waals surface area contributed by atoms with Crippen LogP contribution >= 0.6 is 11.6 Å². The second-order valence-electron chi connectivity index (χ2n) is 8.15. The summed E-state index contributed by atoms with van der Waals surface area (Å²) in [7, 11) is -3.61. The topological polar surface area (TPSA) is 58.6 Å². The van der Waals surface area contributed by atoms with Crippen molar-refractivity contribution >= 4 is 27.7 Å². The lowest BCUT2D eigenvalue weighted by atomic mass is 9.97. The van der Waals surface area contributed by atoms with Crippen LogP contribution in [-0.4, -0.2) is 39.1 Å². The summed E-state index contributed by atoms with van der Waals surface area (Å²) < 4.78 is 58.0. The summed E-state index contributed by atoms with van der Waals surface area (Å²) in [5.41, 5.74) is 2.70. The molecule has 0 spiro atoms. The van der Waals surface area contributed by atoms with Crippen LogP contribution in [0, 0.1) is 0 Å². The quantitative estimate of drug-likeness (QED) is 0.615. The monoisotopic (exact) mass is 482 g/mol. The highest BCUT2D eigenvalue weighted by atomic mass is 35.5. The highest BCUT2D eigenvalue weighted by Crippen LogP contribution is 2.30. The molecule has 4 rings (SSSR count). The Kier molecular flexibility index (Phi) is 7.14. The number of likely N-dealkylation sites (tertiary alicyclic amines) is 1. The van der Waals surface area contributed by atoms with Crippen LogP contribution in [0.4, 0.5) is 8.78 Å². The van der Waals surface area contributed by atoms with E-state index in [1.54, 1.807) is 18.2 Å². The van der Waals surface area contributed by atoms with Crippen molar-refractivity contribution in [2.75, 3.05) is 13.1 Å². The van der Waals surface area contributed by atoms with Crippen LogP contribution in [0.5, 0.6) is 5.75 Å². The van der Waals surface area contributed by atoms with E-state index in [0.29, 0.717) is 22.8 Å². The van der Waals surface area contributed by atoms with E-state index in [4.69, 9.17) is 11.6 Å². The lowest BCUT2D eigenvalue weighted by molar-refractivity contribution is -0.0498. The maximum Gasteiger partial charge on any atom is 0.387 e. The molecule has 2 aliphatic rings. The zero-order valence-electron chi connectivity index (χ0n) is 17.4. The van der Waals surface area contributed by atoms with Crippen molar-refractivity contribution in [3.63, 3.8) is 0 Å². The Morgan fingerprint density at radius 1 is 1.09 bits per heavy atom. The highest BCUT2D eigenvalue weighted by Gasteiger charge is 2.27. The fraction of sp³-hybridized carbons (Fsp3) is 0.391. The van der Waals surface area contributed by atoms with Gasteiger partial charge in [0, 0.05) is 30.7 Å². The van der Waals surface area contributed by atoms with Crippen molar-refractivity contribution in [2.45, 2.75) is 44.9 Å². The van der Waals surface area contributed by atoms with Crippen molar-refractivity contribution in [2.24, 2.45) is 0 Å². The van der Waals surface area contributed by atoms with Crippen LogP contribution in [0.25, 0.3) is 6.08 Å². The van der Waals surface area contributed by atoms with Gasteiger partial charge in [-0.15, -0.1) is 0 Å². The summed E-state index contributed by atoms with van der Waals surface area (Å²) in [6.07, 6.45) is 3.90. The van der Waals surface area contributed by atoms with Gasteiger partial charge in [-0.2, -0.15) is 8.78 Å². The average molecular weight is 483 g/mol. The van der Waals surface area contributed by atoms with Gasteiger partial charge in [-0.05, 0) is 72.7 Å². The van der Waals surface area contributed by atoms with Crippen molar-refractivity contribution < 1.29 is 21.9 Å². The fourth-order valence-corrected chi connectivity index (χ4v) is 5.79. The van der Waals surface area contributed by atoms with E-state index >= 15 is 0 Å². The Bertz CT molecular complexity index is 1080. The SMILES string of the molecule is O=S(=O)(NC1CCN(Cc2ccc(Cl)cc2)CC1)C1=Cc2ccc(OC(F)F)cc2CC1. The summed E-state index contributed by atoms with van der Waals surface area (Å²) in [5.74, 6) is 0.0851. The molecular weight excluding hydrogens is 458 g/mol. The van der Waals surface area contributed by atoms with E-state index in [0.717, 1.165) is 43.6 Å². The van der Waals surface area contributed by atoms with Crippen molar-refractivity contribution in [3.8, 4) is 5.75 Å². The molecule has 1 heterocycles. The Hall–Kier alpha value is -2.00. The number of fused-ring (bicyclic) bond motifs is 1. The van der Waals surface area contributed by atoms with E-state index in [2.05, 4.69) is 14.4 Å². The second-order valence-corrected chi connectivity index (χ2v) is 10.4. The standard InChI is InChI=1S/C23H25ClF2N2O3S/c24-19-5-1-16(2-6-19)15-28-11-9-20(10-12-28)27-32(29,30)22-8-4-17-13-21(31-23(25)26)7-3-18(17)14-22/h1-3,5-7,13-14,20,23,27H,4,8-12,15H2. The minimum atomic E-state index is -3.61. The molecule has 1 aliphatic carbocycles. The number of halogens is 3. The Morgan fingerprint density at radius 3 is 2.50 bits per heavy atom. The molecule has 32 heavy (non-hydrogen) atoms. The van der Waals surface area contributed by atoms with Gasteiger partial charge in [-0.3, -0.25) is 4.90 Å². The second kappa shape index (κ2) is 9.87. The third-order valence-corrected chi connectivity index (χ3v) is 7.78. The molecule has 0 bridgehead atoms. The van der Waals surface area contributed by atoms with E-state index in [9.17, 15) is 17.2 Å². The van der Waals surface area contributed by atoms with Crippen molar-refractivity contribution in [3.05, 3.63) is 69.1 Å². The number of rotatable bonds is 7. The van der Waals surface area contributed by atoms with Gasteiger partial charge in [-0.25, -0.2) is 13.1 Å². The molecule has 0 saturated carbocycles. The van der Waals surface area contributed by atoms with Gasteiger partial charge >= 0.3 is 6.61 Å². The fourth-order valence-electron chi connectivity index (χ4n) is 4.18. The van der Waals surface area contributed by atoms with E-state index in [-0.39, 0.29) is 11.8 Å². The molecule has 0 atom stereocenters. The van der Waals surface area contributed by atoms with Crippen LogP contribution in [0.15, 0.2) is 47.4 Å². The van der Waals surface area contributed by atoms with Crippen LogP contribution in [0.1, 0.15) is 36.0 Å². The minimum Gasteiger partial charge on any atom is -0.435 e. The smallest absolute Gasteiger partial charge is 0.387 e. The number of hydrogen-bond donors (Lipinski definition) is 1. The predicted octanol–water partition coefficient (Wildman–Crippen LogP) is 4.81. The predicted molar refractivity (Wildman–Crippen MR) is 121 cm³/mol. The van der Waals surface area contributed by atoms with Crippen LogP contribution in [-0.2, 0) is 23.0 Å². The number of sulfonamides is 1. The number of piperidine rings is 1. The number of nitrogens with zero attached hydrogens (tertiary/aromatic N) is 1. The largest absolute Gasteiger partial charge is 0.435 e. The van der Waals surface area contributed by atoms with Gasteiger partial charge in [0.2, 0.25) is 10.0 Å². The van der Waals surface area contributed by atoms with Crippen molar-refractivity contribution in [1.82, 2.24) is 9.62 Å². The first kappa shape index (κ1) is 23.2. The number of hydrogen-bond acceptors (Lipinski definition) is 4. The Labute approximate surface area is 192 Å². The van der Waals surface area contributed by atoms with Gasteiger partial charge in [0.15, 0.2) is 0 Å². The lowest BCUT2D eigenvalue weighted by Crippen LogP contribution is -2.44. The number of alkyl halides is 2. The first-order valence-electron chi connectivity index (χ1n) is 10.6. The number of aryl methyl sites for hydroxylation is 1. The van der Waals surface area contributed by atoms with Crippen LogP contribution in [0.2, 0.25) is 5.02 Å². The summed E-state index contributed by atoms with van der Waals surface area (Å²) in [6.45, 7) is -0.449. The summed E-state index contributed by atoms with van der Waals surface area (Å²) in [5, 5.41) is 0.712. The number of benzene rings is 2. The third kappa shape index (κ3) is 5.86. The molecule has 172 valence electrons. The first-order valence-corrected chi connectivity index (χ1v) is 12.4. The number of allylic oxidation sites excluding steroid dienone is 1. The van der Waals surface area contributed by atoms with E-state index < -0.39 is 16.6 Å². The molecule has 0 unspecified atom stereocenters. The third-order valence-electron chi connectivity index (χ3n) is 5.87. The Morgan fingerprint density at radius 2 is 1.81 bits per heavy atom. The van der Waals surface area contributed by atoms with Gasteiger partial charge in [-0.1, -0.05) is 29.8 Å². The molecule has 1 saturated heterocycles. The van der Waals surface area contributed by atoms with Crippen LogP contribution < -0.4 is 9.46 Å². The first-order chi connectivity index (χ1) is 15.3. The molecule has 0 amide bonds. The summed E-state index contributed by atoms with van der Waals surface area (Å²) in [4.78, 5) is 2.64. The van der Waals surface area contributed by atoms with Gasteiger partial charge in [0.05, 0.1) is 4.91 Å². The maximum absolute atomic E-state index is 13.0. The molecule has 9 heteroatoms. The molecular formula is C23H25ClF2N2O3S. The van der Waals surface area contributed by atoms with Gasteiger partial charge in [0.25, 0.3) is 0 Å². The van der Waals surface area contributed by atoms with Crippen molar-refractivity contribution in [1.29, 1.82) is 0 Å². The number of nitrogens with one attached hydrogen (secondary N) is 1. The van der Waals surface area contributed by atoms with E-state index in [1.807, 2.05) is 24.3 Å². The molecule has 1 fully saturated rings. The molecule has 5 nitrogen and oxygen atoms in total. The average Bonchev–Trinajstić information content (AvgIpc) is 2.75. The highest BCUT2D eigenvalue weighted by molar-refractivity contribution is 7.93. The Balaban J connectivity index is 1.34. The molecule has 1 N–H and O–H groups in total. The molecule has 2 aromatic carbocycles. The molecule has 2 aromatic rings. The summed E-state index contributed by atoms with van der Waals surface area (Å²) >= 11 is 5.94. The minimum absolute atomic E-state index is 0.0851. The lowest BCUT2D eigenvalue weighted by Gasteiger charge is -2.32. The normalized spacial score (nSPS) is 17.8. The maximum atomic E-state index is 13.0. The summed E-state index contributed by atoms with van der Waals surface area (Å²) in [6, 6.07) is 12.3. The number of ether oxygens (including phenoxy) is 1. The van der Waals surface area contributed by atoms with Gasteiger partial charge in [0.1, 0.15) is 5.75 Å². The van der Waals surface area contributed by atoms with E-state index in [1.165, 1.54) is 11.6 Å². The molecule has 0 aromatic heterocycles. The zero-order chi connectivity index (χ0) is 22.7.